The summed E-state index contributed by atoms with van der Waals surface area (Å²) >= 11 is 1.67. The molecule has 1 fully saturated rings. The highest BCUT2D eigenvalue weighted by atomic mass is 32.1. The van der Waals surface area contributed by atoms with Gasteiger partial charge in [0.1, 0.15) is 18.5 Å². The van der Waals surface area contributed by atoms with Gasteiger partial charge in [-0.25, -0.2) is 4.39 Å². The number of rotatable bonds is 8. The third kappa shape index (κ3) is 5.37. The van der Waals surface area contributed by atoms with Crippen LogP contribution in [0.15, 0.2) is 35.7 Å². The molecule has 0 bridgehead atoms. The van der Waals surface area contributed by atoms with Crippen LogP contribution >= 0.6 is 11.3 Å². The first kappa shape index (κ1) is 19.0. The zero-order valence-electron chi connectivity index (χ0n) is 15.1. The summed E-state index contributed by atoms with van der Waals surface area (Å²) in [5.74, 6) is -0.161. The van der Waals surface area contributed by atoms with Crippen LogP contribution in [0.25, 0.3) is 0 Å². The molecular weight excluding hydrogens is 351 g/mol. The van der Waals surface area contributed by atoms with Gasteiger partial charge < -0.3 is 15.0 Å². The quantitative estimate of drug-likeness (QED) is 0.768. The Morgan fingerprint density at radius 3 is 2.77 bits per heavy atom. The number of aryl methyl sites for hydroxylation is 1. The van der Waals surface area contributed by atoms with Gasteiger partial charge in [0.15, 0.2) is 6.54 Å². The molecule has 26 heavy (non-hydrogen) atoms. The zero-order valence-corrected chi connectivity index (χ0v) is 15.9. The van der Waals surface area contributed by atoms with Crippen LogP contribution in [0, 0.1) is 12.7 Å². The number of hydrogen-bond donors (Lipinski definition) is 1. The van der Waals surface area contributed by atoms with E-state index in [-0.39, 0.29) is 17.8 Å². The van der Waals surface area contributed by atoms with Gasteiger partial charge in [-0.05, 0) is 54.5 Å². The lowest BCUT2D eigenvalue weighted by molar-refractivity contribution is -0.650. The smallest absolute Gasteiger partial charge is 0.278 e. The maximum Gasteiger partial charge on any atom is 0.278 e. The van der Waals surface area contributed by atoms with E-state index in [1.54, 1.807) is 23.5 Å². The van der Waals surface area contributed by atoms with Gasteiger partial charge in [-0.3, -0.25) is 4.79 Å². The molecule has 2 heterocycles. The van der Waals surface area contributed by atoms with E-state index in [1.807, 2.05) is 10.2 Å². The van der Waals surface area contributed by atoms with E-state index in [1.165, 1.54) is 22.6 Å². The number of carbonyl (C=O) groups is 1. The SMILES string of the molecule is Cc1ccsc1CN(Cc1ccc(F)cc1)C(=O)C[NH2+]C[C@@H]1CCCO1. The number of nitrogens with zero attached hydrogens (tertiary/aromatic N) is 1. The van der Waals surface area contributed by atoms with Gasteiger partial charge in [0.05, 0.1) is 6.54 Å². The topological polar surface area (TPSA) is 46.2 Å². The Labute approximate surface area is 158 Å². The van der Waals surface area contributed by atoms with Gasteiger partial charge in [0.25, 0.3) is 5.91 Å². The van der Waals surface area contributed by atoms with Crippen molar-refractivity contribution in [1.29, 1.82) is 0 Å². The number of amides is 1. The molecule has 3 rings (SSSR count). The van der Waals surface area contributed by atoms with Crippen molar-refractivity contribution in [3.63, 3.8) is 0 Å². The highest BCUT2D eigenvalue weighted by molar-refractivity contribution is 7.10. The number of halogens is 1. The van der Waals surface area contributed by atoms with E-state index in [0.717, 1.165) is 31.6 Å². The minimum atomic E-state index is -0.259. The predicted octanol–water partition coefficient (Wildman–Crippen LogP) is 2.47. The number of benzene rings is 1. The minimum Gasteiger partial charge on any atom is -0.372 e. The first-order chi connectivity index (χ1) is 12.6. The number of nitrogens with two attached hydrogens (primary N) is 1. The van der Waals surface area contributed by atoms with Gasteiger partial charge in [0, 0.05) is 18.0 Å². The molecule has 1 aliphatic rings. The average molecular weight is 378 g/mol. The van der Waals surface area contributed by atoms with Gasteiger partial charge in [-0.1, -0.05) is 12.1 Å². The molecule has 1 aliphatic heterocycles. The molecule has 0 aliphatic carbocycles. The third-order valence-electron chi connectivity index (χ3n) is 4.71. The Hall–Kier alpha value is -1.76. The summed E-state index contributed by atoms with van der Waals surface area (Å²) in [6.07, 6.45) is 2.46. The molecule has 0 spiro atoms. The second-order valence-corrected chi connectivity index (χ2v) is 7.77. The van der Waals surface area contributed by atoms with Crippen LogP contribution in [0.3, 0.4) is 0 Å². The van der Waals surface area contributed by atoms with Crippen LogP contribution in [0.2, 0.25) is 0 Å². The standard InChI is InChI=1S/C20H25FN2O2S/c1-15-8-10-26-19(15)14-23(13-16-4-6-17(21)7-5-16)20(24)12-22-11-18-3-2-9-25-18/h4-8,10,18,22H,2-3,9,11-14H2,1H3/p+1/t18-/m0/s1. The molecular formula is C20H26FN2O2S+. The van der Waals surface area contributed by atoms with Crippen molar-refractivity contribution >= 4 is 17.2 Å². The maximum atomic E-state index is 13.2. The number of carbonyl (C=O) groups excluding carboxylic acids is 1. The van der Waals surface area contributed by atoms with Crippen molar-refractivity contribution < 1.29 is 19.2 Å². The van der Waals surface area contributed by atoms with E-state index in [9.17, 15) is 9.18 Å². The molecule has 0 radical (unpaired) electrons. The Kier molecular flexibility index (Phi) is 6.77. The summed E-state index contributed by atoms with van der Waals surface area (Å²) in [6.45, 7) is 5.22. The van der Waals surface area contributed by atoms with E-state index in [0.29, 0.717) is 19.6 Å². The molecule has 1 amide bonds. The summed E-state index contributed by atoms with van der Waals surface area (Å²) in [5, 5.41) is 4.09. The Morgan fingerprint density at radius 1 is 1.31 bits per heavy atom. The van der Waals surface area contributed by atoms with E-state index >= 15 is 0 Å². The number of hydrogen-bond acceptors (Lipinski definition) is 3. The summed E-state index contributed by atoms with van der Waals surface area (Å²) in [4.78, 5) is 15.9. The Morgan fingerprint density at radius 2 is 2.12 bits per heavy atom. The van der Waals surface area contributed by atoms with Crippen LogP contribution in [0.1, 0.15) is 28.8 Å². The lowest BCUT2D eigenvalue weighted by atomic mass is 10.2. The average Bonchev–Trinajstić information content (AvgIpc) is 3.28. The molecule has 0 unspecified atom stereocenters. The highest BCUT2D eigenvalue weighted by Crippen LogP contribution is 2.19. The molecule has 1 saturated heterocycles. The number of ether oxygens (including phenoxy) is 1. The van der Waals surface area contributed by atoms with Crippen LogP contribution < -0.4 is 5.32 Å². The van der Waals surface area contributed by atoms with Crippen LogP contribution in [-0.4, -0.2) is 36.6 Å². The highest BCUT2D eigenvalue weighted by Gasteiger charge is 2.21. The lowest BCUT2D eigenvalue weighted by Gasteiger charge is -2.22. The molecule has 1 aromatic carbocycles. The second-order valence-electron chi connectivity index (χ2n) is 6.77. The molecule has 0 saturated carbocycles. The fraction of sp³-hybridized carbons (Fsp3) is 0.450. The van der Waals surface area contributed by atoms with Crippen molar-refractivity contribution in [3.05, 3.63) is 57.5 Å². The second kappa shape index (κ2) is 9.26. The summed E-state index contributed by atoms with van der Waals surface area (Å²) < 4.78 is 18.8. The summed E-state index contributed by atoms with van der Waals surface area (Å²) in [6, 6.07) is 8.44. The number of quaternary nitrogens is 1. The van der Waals surface area contributed by atoms with Gasteiger partial charge in [-0.2, -0.15) is 0 Å². The van der Waals surface area contributed by atoms with Crippen molar-refractivity contribution in [1.82, 2.24) is 4.90 Å². The lowest BCUT2D eigenvalue weighted by Crippen LogP contribution is -2.88. The van der Waals surface area contributed by atoms with E-state index < -0.39 is 0 Å². The van der Waals surface area contributed by atoms with Crippen molar-refractivity contribution in [2.45, 2.75) is 39.0 Å². The molecule has 6 heteroatoms. The normalized spacial score (nSPS) is 16.8. The summed E-state index contributed by atoms with van der Waals surface area (Å²) in [7, 11) is 0. The van der Waals surface area contributed by atoms with Crippen molar-refractivity contribution in [2.75, 3.05) is 19.7 Å². The molecule has 1 aromatic heterocycles. The predicted molar refractivity (Wildman–Crippen MR) is 100 cm³/mol. The zero-order chi connectivity index (χ0) is 18.4. The molecule has 1 atom stereocenters. The van der Waals surface area contributed by atoms with Gasteiger partial charge in [0.2, 0.25) is 0 Å². The third-order valence-corrected chi connectivity index (χ3v) is 5.72. The van der Waals surface area contributed by atoms with Crippen molar-refractivity contribution in [2.24, 2.45) is 0 Å². The largest absolute Gasteiger partial charge is 0.372 e. The van der Waals surface area contributed by atoms with Crippen LogP contribution in [0.4, 0.5) is 4.39 Å². The Balaban J connectivity index is 1.61. The first-order valence-electron chi connectivity index (χ1n) is 9.10. The molecule has 4 nitrogen and oxygen atoms in total. The van der Waals surface area contributed by atoms with E-state index in [4.69, 9.17) is 4.74 Å². The fourth-order valence-corrected chi connectivity index (χ4v) is 4.05. The van der Waals surface area contributed by atoms with Gasteiger partial charge >= 0.3 is 0 Å². The Bertz CT molecular complexity index is 711. The minimum absolute atomic E-state index is 0.0973. The monoisotopic (exact) mass is 377 g/mol. The molecule has 2 N–H and O–H groups in total. The van der Waals surface area contributed by atoms with Gasteiger partial charge in [-0.15, -0.1) is 11.3 Å². The molecule has 2 aromatic rings. The fourth-order valence-electron chi connectivity index (χ4n) is 3.13. The molecule has 140 valence electrons. The summed E-state index contributed by atoms with van der Waals surface area (Å²) in [5.41, 5.74) is 2.14. The van der Waals surface area contributed by atoms with Crippen molar-refractivity contribution in [3.8, 4) is 0 Å². The first-order valence-corrected chi connectivity index (χ1v) is 9.98. The maximum absolute atomic E-state index is 13.2. The number of thiophene rings is 1. The van der Waals surface area contributed by atoms with Crippen LogP contribution in [-0.2, 0) is 22.6 Å². The van der Waals surface area contributed by atoms with Crippen LogP contribution in [0.5, 0.6) is 0 Å². The van der Waals surface area contributed by atoms with E-state index in [2.05, 4.69) is 18.4 Å².